The second kappa shape index (κ2) is 7.18. The van der Waals surface area contributed by atoms with Crippen molar-refractivity contribution in [2.24, 2.45) is 0 Å². The average molecular weight is 418 g/mol. The number of nitrogens with one attached hydrogen (secondary N) is 1. The molecule has 2 aromatic carbocycles. The van der Waals surface area contributed by atoms with Crippen LogP contribution in [0.4, 0.5) is 4.39 Å². The summed E-state index contributed by atoms with van der Waals surface area (Å²) in [5, 5.41) is 0. The van der Waals surface area contributed by atoms with E-state index in [0.717, 1.165) is 6.07 Å². The molecule has 1 amide bonds. The highest BCUT2D eigenvalue weighted by atomic mass is 79.9. The Morgan fingerprint density at radius 2 is 1.75 bits per heavy atom. The van der Waals surface area contributed by atoms with Gasteiger partial charge in [-0.3, -0.25) is 4.79 Å². The number of methoxy groups -OCH3 is 2. The van der Waals surface area contributed by atoms with Gasteiger partial charge in [0.1, 0.15) is 5.82 Å². The van der Waals surface area contributed by atoms with Crippen molar-refractivity contribution in [3.05, 3.63) is 52.3 Å². The molecule has 1 N–H and O–H groups in total. The standard InChI is InChI=1S/C15H13BrFNO5S/c1-22-13-6-4-10(8-14(13)23-2)24(20,21)18-15(19)11-7-9(16)3-5-12(11)17/h3-8H,1-2H3,(H,18,19). The number of halogens is 2. The van der Waals surface area contributed by atoms with E-state index in [4.69, 9.17) is 9.47 Å². The second-order valence-corrected chi connectivity index (χ2v) is 7.17. The number of carbonyl (C=O) groups is 1. The van der Waals surface area contributed by atoms with Crippen molar-refractivity contribution in [2.75, 3.05) is 14.2 Å². The normalized spacial score (nSPS) is 11.0. The zero-order valence-electron chi connectivity index (χ0n) is 12.7. The van der Waals surface area contributed by atoms with E-state index in [0.29, 0.717) is 10.2 Å². The molecule has 0 fully saturated rings. The minimum absolute atomic E-state index is 0.182. The van der Waals surface area contributed by atoms with Crippen LogP contribution < -0.4 is 14.2 Å². The number of hydrogen-bond acceptors (Lipinski definition) is 5. The summed E-state index contributed by atoms with van der Waals surface area (Å²) in [4.78, 5) is 11.9. The van der Waals surface area contributed by atoms with Gasteiger partial charge in [-0.05, 0) is 30.3 Å². The van der Waals surface area contributed by atoms with Crippen molar-refractivity contribution in [3.63, 3.8) is 0 Å². The van der Waals surface area contributed by atoms with Crippen molar-refractivity contribution >= 4 is 31.9 Å². The first-order valence-electron chi connectivity index (χ1n) is 6.52. The number of hydrogen-bond donors (Lipinski definition) is 1. The molecule has 2 rings (SSSR count). The Labute approximate surface area is 146 Å². The number of amides is 1. The molecular weight excluding hydrogens is 405 g/mol. The van der Waals surface area contributed by atoms with Gasteiger partial charge in [0.15, 0.2) is 11.5 Å². The molecular formula is C15H13BrFNO5S. The first-order chi connectivity index (χ1) is 11.3. The number of sulfonamides is 1. The topological polar surface area (TPSA) is 81.7 Å². The van der Waals surface area contributed by atoms with Crippen LogP contribution in [0.2, 0.25) is 0 Å². The summed E-state index contributed by atoms with van der Waals surface area (Å²) in [5.74, 6) is -1.40. The highest BCUT2D eigenvalue weighted by Crippen LogP contribution is 2.29. The third-order valence-electron chi connectivity index (χ3n) is 3.07. The third kappa shape index (κ3) is 3.85. The Hall–Kier alpha value is -2.13. The fourth-order valence-corrected chi connectivity index (χ4v) is 3.23. The van der Waals surface area contributed by atoms with E-state index in [9.17, 15) is 17.6 Å². The van der Waals surface area contributed by atoms with Crippen molar-refractivity contribution in [1.29, 1.82) is 0 Å². The van der Waals surface area contributed by atoms with Crippen LogP contribution >= 0.6 is 15.9 Å². The Morgan fingerprint density at radius 3 is 2.38 bits per heavy atom. The van der Waals surface area contributed by atoms with E-state index in [-0.39, 0.29) is 10.6 Å². The fourth-order valence-electron chi connectivity index (χ4n) is 1.89. The Morgan fingerprint density at radius 1 is 1.08 bits per heavy atom. The van der Waals surface area contributed by atoms with Gasteiger partial charge in [0.05, 0.1) is 24.7 Å². The van der Waals surface area contributed by atoms with Gasteiger partial charge in [-0.15, -0.1) is 0 Å². The van der Waals surface area contributed by atoms with Crippen LogP contribution in [0.1, 0.15) is 10.4 Å². The molecule has 0 saturated heterocycles. The van der Waals surface area contributed by atoms with E-state index < -0.39 is 27.3 Å². The summed E-state index contributed by atoms with van der Waals surface area (Å²) in [6, 6.07) is 7.48. The summed E-state index contributed by atoms with van der Waals surface area (Å²) < 4.78 is 50.7. The molecule has 0 heterocycles. The minimum Gasteiger partial charge on any atom is -0.493 e. The van der Waals surface area contributed by atoms with Crippen LogP contribution in [0.3, 0.4) is 0 Å². The van der Waals surface area contributed by atoms with Gasteiger partial charge in [0, 0.05) is 10.5 Å². The Balaban J connectivity index is 2.34. The molecule has 0 aliphatic carbocycles. The number of carbonyl (C=O) groups excluding carboxylic acids is 1. The van der Waals surface area contributed by atoms with Gasteiger partial charge in [-0.25, -0.2) is 17.5 Å². The fraction of sp³-hybridized carbons (Fsp3) is 0.133. The van der Waals surface area contributed by atoms with Gasteiger partial charge in [0.25, 0.3) is 15.9 Å². The van der Waals surface area contributed by atoms with Crippen molar-refractivity contribution in [2.45, 2.75) is 4.90 Å². The lowest BCUT2D eigenvalue weighted by Gasteiger charge is -2.11. The summed E-state index contributed by atoms with van der Waals surface area (Å²) in [6.45, 7) is 0. The van der Waals surface area contributed by atoms with E-state index >= 15 is 0 Å². The van der Waals surface area contributed by atoms with Gasteiger partial charge >= 0.3 is 0 Å². The molecule has 128 valence electrons. The lowest BCUT2D eigenvalue weighted by Crippen LogP contribution is -2.31. The molecule has 0 spiro atoms. The van der Waals surface area contributed by atoms with Crippen LogP contribution in [0.15, 0.2) is 45.8 Å². The SMILES string of the molecule is COc1ccc(S(=O)(=O)NC(=O)c2cc(Br)ccc2F)cc1OC. The zero-order chi connectivity index (χ0) is 17.9. The van der Waals surface area contributed by atoms with Gasteiger partial charge < -0.3 is 9.47 Å². The van der Waals surface area contributed by atoms with Crippen molar-refractivity contribution in [1.82, 2.24) is 4.72 Å². The predicted octanol–water partition coefficient (Wildman–Crippen LogP) is 2.72. The van der Waals surface area contributed by atoms with Crippen LogP contribution in [-0.4, -0.2) is 28.5 Å². The molecule has 0 aliphatic heterocycles. The lowest BCUT2D eigenvalue weighted by atomic mass is 10.2. The van der Waals surface area contributed by atoms with Crippen molar-refractivity contribution < 1.29 is 27.1 Å². The molecule has 0 aliphatic rings. The van der Waals surface area contributed by atoms with E-state index in [1.807, 2.05) is 4.72 Å². The summed E-state index contributed by atoms with van der Waals surface area (Å²) in [5.41, 5.74) is -0.395. The van der Waals surface area contributed by atoms with E-state index in [1.54, 1.807) is 0 Å². The second-order valence-electron chi connectivity index (χ2n) is 4.58. The predicted molar refractivity (Wildman–Crippen MR) is 88.3 cm³/mol. The minimum atomic E-state index is -4.21. The maximum Gasteiger partial charge on any atom is 0.268 e. The molecule has 0 aromatic heterocycles. The molecule has 0 bridgehead atoms. The summed E-state index contributed by atoms with van der Waals surface area (Å²) >= 11 is 3.10. The maximum atomic E-state index is 13.7. The van der Waals surface area contributed by atoms with Crippen LogP contribution in [0.25, 0.3) is 0 Å². The monoisotopic (exact) mass is 417 g/mol. The lowest BCUT2D eigenvalue weighted by molar-refractivity contribution is 0.0977. The van der Waals surface area contributed by atoms with Gasteiger partial charge in [-0.2, -0.15) is 0 Å². The highest BCUT2D eigenvalue weighted by Gasteiger charge is 2.22. The Bertz CT molecular complexity index is 885. The highest BCUT2D eigenvalue weighted by molar-refractivity contribution is 9.10. The van der Waals surface area contributed by atoms with Gasteiger partial charge in [-0.1, -0.05) is 15.9 Å². The molecule has 0 radical (unpaired) electrons. The number of ether oxygens (including phenoxy) is 2. The van der Waals surface area contributed by atoms with Crippen LogP contribution in [0, 0.1) is 5.82 Å². The third-order valence-corrected chi connectivity index (χ3v) is 4.89. The number of rotatable bonds is 5. The van der Waals surface area contributed by atoms with E-state index in [1.165, 1.54) is 44.6 Å². The first-order valence-corrected chi connectivity index (χ1v) is 8.80. The van der Waals surface area contributed by atoms with Crippen molar-refractivity contribution in [3.8, 4) is 11.5 Å². The zero-order valence-corrected chi connectivity index (χ0v) is 15.1. The molecule has 0 atom stereocenters. The molecule has 0 saturated carbocycles. The average Bonchev–Trinajstić information content (AvgIpc) is 2.55. The molecule has 2 aromatic rings. The van der Waals surface area contributed by atoms with Crippen LogP contribution in [-0.2, 0) is 10.0 Å². The van der Waals surface area contributed by atoms with Gasteiger partial charge in [0.2, 0.25) is 0 Å². The first kappa shape index (κ1) is 18.2. The molecule has 24 heavy (non-hydrogen) atoms. The Kier molecular flexibility index (Phi) is 5.45. The number of benzene rings is 2. The smallest absolute Gasteiger partial charge is 0.268 e. The van der Waals surface area contributed by atoms with Crippen LogP contribution in [0.5, 0.6) is 11.5 Å². The molecule has 6 nitrogen and oxygen atoms in total. The maximum absolute atomic E-state index is 13.7. The van der Waals surface area contributed by atoms with E-state index in [2.05, 4.69) is 15.9 Å². The largest absolute Gasteiger partial charge is 0.493 e. The molecule has 0 unspecified atom stereocenters. The summed E-state index contributed by atoms with van der Waals surface area (Å²) in [6.07, 6.45) is 0. The quantitative estimate of drug-likeness (QED) is 0.808. The summed E-state index contributed by atoms with van der Waals surface area (Å²) in [7, 11) is -1.45. The molecule has 9 heteroatoms.